The maximum absolute atomic E-state index is 12.6. The topological polar surface area (TPSA) is 83.0 Å². The number of halogens is 6. The molecule has 28 heavy (non-hydrogen) atoms. The third kappa shape index (κ3) is 8.39. The highest BCUT2D eigenvalue weighted by atomic mass is 32.2. The monoisotopic (exact) mass is 442 g/mol. The van der Waals surface area contributed by atoms with Crippen molar-refractivity contribution < 1.29 is 39.5 Å². The summed E-state index contributed by atoms with van der Waals surface area (Å²) in [4.78, 5) is 4.17. The molecule has 1 saturated heterocycles. The summed E-state index contributed by atoms with van der Waals surface area (Å²) in [6.45, 7) is 0.493. The summed E-state index contributed by atoms with van der Waals surface area (Å²) in [5.74, 6) is 0.357. The summed E-state index contributed by atoms with van der Waals surface area (Å²) < 4.78 is 101. The van der Waals surface area contributed by atoms with Gasteiger partial charge in [-0.2, -0.15) is 30.6 Å². The van der Waals surface area contributed by atoms with Crippen LogP contribution in [0.25, 0.3) is 0 Å². The Bertz CT molecular complexity index is 601. The second-order valence-corrected chi connectivity index (χ2v) is 7.98. The van der Waals surface area contributed by atoms with Gasteiger partial charge in [-0.1, -0.05) is 0 Å². The molecule has 166 valence electrons. The first-order chi connectivity index (χ1) is 12.9. The fourth-order valence-corrected chi connectivity index (χ4v) is 3.43. The van der Waals surface area contributed by atoms with Crippen molar-refractivity contribution in [3.8, 4) is 0 Å². The maximum Gasteiger partial charge on any atom is 0.511 e. The number of aliphatic imine (C=N–C) groups is 1. The normalized spacial score (nSPS) is 18.3. The van der Waals surface area contributed by atoms with Crippen molar-refractivity contribution in [2.75, 3.05) is 39.4 Å². The third-order valence-corrected chi connectivity index (χ3v) is 5.38. The van der Waals surface area contributed by atoms with E-state index in [0.29, 0.717) is 16.8 Å². The highest BCUT2D eigenvalue weighted by Gasteiger charge is 2.50. The number of rotatable bonds is 8. The molecule has 0 aromatic carbocycles. The zero-order valence-electron chi connectivity index (χ0n) is 15.2. The number of hydrogen-bond acceptors (Lipinski definition) is 4. The number of alkyl halides is 6. The number of ether oxygens (including phenoxy) is 1. The van der Waals surface area contributed by atoms with Crippen LogP contribution in [0.2, 0.25) is 0 Å². The predicted octanol–water partition coefficient (Wildman–Crippen LogP) is 1.82. The average Bonchev–Trinajstić information content (AvgIpc) is 2.56. The van der Waals surface area contributed by atoms with E-state index < -0.39 is 28.3 Å². The first-order valence-corrected chi connectivity index (χ1v) is 10.1. The van der Waals surface area contributed by atoms with Crippen molar-refractivity contribution in [3.05, 3.63) is 0 Å². The van der Waals surface area contributed by atoms with Gasteiger partial charge in [0.15, 0.2) is 5.96 Å². The van der Waals surface area contributed by atoms with Crippen molar-refractivity contribution in [2.45, 2.75) is 43.9 Å². The number of nitrogens with one attached hydrogen (secondary N) is 2. The summed E-state index contributed by atoms with van der Waals surface area (Å²) in [5.41, 5.74) is -5.32. The van der Waals surface area contributed by atoms with E-state index in [0.717, 1.165) is 0 Å². The molecule has 0 aliphatic carbocycles. The van der Waals surface area contributed by atoms with Crippen LogP contribution in [0.15, 0.2) is 4.99 Å². The molecule has 1 aliphatic heterocycles. The molecule has 0 saturated carbocycles. The van der Waals surface area contributed by atoms with Gasteiger partial charge in [0.25, 0.3) is 0 Å². The highest BCUT2D eigenvalue weighted by Crippen LogP contribution is 2.28. The molecule has 0 aromatic rings. The fourth-order valence-electron chi connectivity index (χ4n) is 2.45. The van der Waals surface area contributed by atoms with Crippen LogP contribution in [0.5, 0.6) is 0 Å². The Morgan fingerprint density at radius 2 is 1.79 bits per heavy atom. The van der Waals surface area contributed by atoms with Crippen molar-refractivity contribution >= 4 is 16.0 Å². The van der Waals surface area contributed by atoms with E-state index in [1.807, 2.05) is 0 Å². The number of sulfonamides is 1. The van der Waals surface area contributed by atoms with E-state index in [-0.39, 0.29) is 51.5 Å². The van der Waals surface area contributed by atoms with Gasteiger partial charge in [0.1, 0.15) is 6.61 Å². The average molecular weight is 442 g/mol. The largest absolute Gasteiger partial charge is 0.511 e. The molecule has 0 atom stereocenters. The zero-order chi connectivity index (χ0) is 21.4. The molecule has 0 unspecified atom stereocenters. The van der Waals surface area contributed by atoms with Crippen LogP contribution in [0.3, 0.4) is 0 Å². The zero-order valence-corrected chi connectivity index (χ0v) is 16.1. The molecule has 1 rings (SSSR count). The van der Waals surface area contributed by atoms with E-state index in [9.17, 15) is 34.8 Å². The SMILES string of the molecule is CCNC(=NCCCOCC(F)(F)F)NC1CCN(S(=O)(=O)C(F)(F)F)CC1. The Balaban J connectivity index is 2.44. The number of hydrogen-bond donors (Lipinski definition) is 2. The van der Waals surface area contributed by atoms with Gasteiger partial charge >= 0.3 is 21.7 Å². The standard InChI is InChI=1S/C14H24F6N4O3S/c1-2-21-12(22-6-3-9-27-10-13(15,16)17)23-11-4-7-24(8-5-11)28(25,26)14(18,19)20/h11H,2-10H2,1H3,(H2,21,22,23). The van der Waals surface area contributed by atoms with Gasteiger partial charge in [-0.15, -0.1) is 0 Å². The lowest BCUT2D eigenvalue weighted by Gasteiger charge is -2.32. The predicted molar refractivity (Wildman–Crippen MR) is 90.2 cm³/mol. The van der Waals surface area contributed by atoms with Gasteiger partial charge in [-0.05, 0) is 26.2 Å². The van der Waals surface area contributed by atoms with E-state index in [1.165, 1.54) is 0 Å². The molecular formula is C14H24F6N4O3S. The summed E-state index contributed by atoms with van der Waals surface area (Å²) in [6.07, 6.45) is -3.80. The Morgan fingerprint density at radius 1 is 1.18 bits per heavy atom. The second kappa shape index (κ2) is 10.5. The molecular weight excluding hydrogens is 418 g/mol. The van der Waals surface area contributed by atoms with E-state index in [2.05, 4.69) is 20.4 Å². The number of guanidine groups is 1. The van der Waals surface area contributed by atoms with Crippen molar-refractivity contribution in [1.82, 2.24) is 14.9 Å². The molecule has 1 heterocycles. The minimum atomic E-state index is -5.33. The Morgan fingerprint density at radius 3 is 2.29 bits per heavy atom. The van der Waals surface area contributed by atoms with E-state index in [1.54, 1.807) is 6.92 Å². The molecule has 1 fully saturated rings. The molecule has 0 aromatic heterocycles. The van der Waals surface area contributed by atoms with Gasteiger partial charge in [-0.25, -0.2) is 8.42 Å². The maximum atomic E-state index is 12.6. The quantitative estimate of drug-likeness (QED) is 0.259. The summed E-state index contributed by atoms with van der Waals surface area (Å²) in [5, 5.41) is 5.92. The second-order valence-electron chi connectivity index (χ2n) is 6.05. The number of piperidine rings is 1. The van der Waals surface area contributed by atoms with E-state index >= 15 is 0 Å². The van der Waals surface area contributed by atoms with Gasteiger partial charge in [0.05, 0.1) is 0 Å². The lowest BCUT2D eigenvalue weighted by Crippen LogP contribution is -2.51. The van der Waals surface area contributed by atoms with Crippen LogP contribution in [0.1, 0.15) is 26.2 Å². The van der Waals surface area contributed by atoms with Crippen LogP contribution >= 0.6 is 0 Å². The summed E-state index contributed by atoms with van der Waals surface area (Å²) in [6, 6.07) is -0.279. The molecule has 2 N–H and O–H groups in total. The van der Waals surface area contributed by atoms with E-state index in [4.69, 9.17) is 0 Å². The smallest absolute Gasteiger partial charge is 0.372 e. The minimum Gasteiger partial charge on any atom is -0.372 e. The minimum absolute atomic E-state index is 0.115. The van der Waals surface area contributed by atoms with Crippen LogP contribution < -0.4 is 10.6 Å². The van der Waals surface area contributed by atoms with Gasteiger partial charge in [-0.3, -0.25) is 4.99 Å². The van der Waals surface area contributed by atoms with Crippen LogP contribution in [-0.4, -0.2) is 75.8 Å². The molecule has 0 bridgehead atoms. The summed E-state index contributed by atoms with van der Waals surface area (Å²) in [7, 11) is -5.33. The van der Waals surface area contributed by atoms with Gasteiger partial charge in [0.2, 0.25) is 0 Å². The Hall–Kier alpha value is -1.28. The fraction of sp³-hybridized carbons (Fsp3) is 0.929. The van der Waals surface area contributed by atoms with Crippen molar-refractivity contribution in [1.29, 1.82) is 0 Å². The highest BCUT2D eigenvalue weighted by molar-refractivity contribution is 7.90. The third-order valence-electron chi connectivity index (χ3n) is 3.75. The molecule has 0 radical (unpaired) electrons. The Labute approximate surface area is 159 Å². The molecule has 14 heteroatoms. The van der Waals surface area contributed by atoms with Crippen LogP contribution in [0, 0.1) is 0 Å². The van der Waals surface area contributed by atoms with Crippen LogP contribution in [-0.2, 0) is 14.8 Å². The first-order valence-electron chi connectivity index (χ1n) is 8.62. The number of nitrogens with zero attached hydrogens (tertiary/aromatic N) is 2. The lowest BCUT2D eigenvalue weighted by atomic mass is 10.1. The van der Waals surface area contributed by atoms with Crippen LogP contribution in [0.4, 0.5) is 26.3 Å². The molecule has 7 nitrogen and oxygen atoms in total. The van der Waals surface area contributed by atoms with Crippen molar-refractivity contribution in [3.63, 3.8) is 0 Å². The molecule has 0 amide bonds. The van der Waals surface area contributed by atoms with Gasteiger partial charge in [0, 0.05) is 38.8 Å². The lowest BCUT2D eigenvalue weighted by molar-refractivity contribution is -0.173. The molecule has 1 aliphatic rings. The van der Waals surface area contributed by atoms with Crippen molar-refractivity contribution in [2.24, 2.45) is 4.99 Å². The Kier molecular flexibility index (Phi) is 9.27. The first kappa shape index (κ1) is 24.8. The summed E-state index contributed by atoms with van der Waals surface area (Å²) >= 11 is 0. The van der Waals surface area contributed by atoms with Gasteiger partial charge < -0.3 is 15.4 Å². The molecule has 0 spiro atoms.